The minimum Gasteiger partial charge on any atom is -2.00 e. The fraction of sp³-hybridized carbons (Fsp3) is 0.0833. The van der Waals surface area contributed by atoms with Gasteiger partial charge in [-0.15, -0.1) is 0 Å². The first-order valence-electron chi connectivity index (χ1n) is 4.51. The van der Waals surface area contributed by atoms with Crippen LogP contribution in [0.5, 0.6) is 0 Å². The number of carbonyl (C=O) groups excluding carboxylic acids is 1. The SMILES string of the molecule is CC(=O)NO.[CH]1[CH][CH][CH][CH]1.[CH]1[CH][CH][CH][CH]1.[O-2].[V]. The Balaban J connectivity index is -0.000000163. The summed E-state index contributed by atoms with van der Waals surface area (Å²) in [6, 6.07) is 0. The Morgan fingerprint density at radius 3 is 1.00 bits per heavy atom. The Kier molecular flexibility index (Phi) is 23.9. The van der Waals surface area contributed by atoms with Gasteiger partial charge in [-0.05, 0) is 64.2 Å². The molecule has 0 saturated heterocycles. The van der Waals surface area contributed by atoms with Crippen LogP contribution in [0.25, 0.3) is 0 Å². The van der Waals surface area contributed by atoms with E-state index in [0.717, 1.165) is 0 Å². The number of hydrogen-bond donors (Lipinski definition) is 2. The van der Waals surface area contributed by atoms with Crippen LogP contribution in [-0.4, -0.2) is 11.1 Å². The largest absolute Gasteiger partial charge is 2.00 e. The van der Waals surface area contributed by atoms with Crippen LogP contribution in [0, 0.1) is 64.2 Å². The van der Waals surface area contributed by atoms with E-state index in [-0.39, 0.29) is 24.0 Å². The van der Waals surface area contributed by atoms with Crippen LogP contribution in [0.1, 0.15) is 6.92 Å². The summed E-state index contributed by atoms with van der Waals surface area (Å²) in [4.78, 5) is 9.45. The van der Waals surface area contributed by atoms with Crippen LogP contribution < -0.4 is 5.48 Å². The van der Waals surface area contributed by atoms with Gasteiger partial charge in [-0.2, -0.15) is 0 Å². The van der Waals surface area contributed by atoms with Gasteiger partial charge in [-0.25, -0.2) is 5.48 Å². The zero-order valence-corrected chi connectivity index (χ0v) is 10.9. The van der Waals surface area contributed by atoms with Crippen molar-refractivity contribution in [2.45, 2.75) is 6.92 Å². The van der Waals surface area contributed by atoms with E-state index in [0.29, 0.717) is 0 Å². The zero-order chi connectivity index (χ0) is 11.4. The molecule has 4 nitrogen and oxygen atoms in total. The molecule has 17 heavy (non-hydrogen) atoms. The normalized spacial score (nSPS) is 16.1. The van der Waals surface area contributed by atoms with Crippen LogP contribution >= 0.6 is 0 Å². The second kappa shape index (κ2) is 18.3. The van der Waals surface area contributed by atoms with Gasteiger partial charge >= 0.3 is 0 Å². The summed E-state index contributed by atoms with van der Waals surface area (Å²) in [5, 5.41) is 7.54. The number of nitrogens with one attached hydrogen (secondary N) is 1. The fourth-order valence-corrected chi connectivity index (χ4v) is 0.642. The molecule has 0 spiro atoms. The zero-order valence-electron chi connectivity index (χ0n) is 9.48. The molecule has 2 fully saturated rings. The molecule has 0 aromatic heterocycles. The number of hydroxylamine groups is 1. The van der Waals surface area contributed by atoms with Gasteiger partial charge in [0.2, 0.25) is 5.91 Å². The summed E-state index contributed by atoms with van der Waals surface area (Å²) in [5.74, 6) is -0.440. The molecule has 0 aromatic carbocycles. The van der Waals surface area contributed by atoms with Crippen molar-refractivity contribution >= 4 is 5.91 Å². The first-order valence-corrected chi connectivity index (χ1v) is 4.51. The maximum atomic E-state index is 9.45. The van der Waals surface area contributed by atoms with E-state index in [1.54, 1.807) is 0 Å². The fourth-order valence-electron chi connectivity index (χ4n) is 0.642. The van der Waals surface area contributed by atoms with Gasteiger partial charge in [-0.1, -0.05) is 0 Å². The molecule has 2 N–H and O–H groups in total. The molecule has 0 atom stereocenters. The summed E-state index contributed by atoms with van der Waals surface area (Å²) < 4.78 is 0. The maximum Gasteiger partial charge on any atom is 0.240 e. The van der Waals surface area contributed by atoms with Crippen LogP contribution in [0.2, 0.25) is 0 Å². The first kappa shape index (κ1) is 22.2. The number of hydrogen-bond acceptors (Lipinski definition) is 2. The van der Waals surface area contributed by atoms with E-state index < -0.39 is 5.91 Å². The van der Waals surface area contributed by atoms with Crippen molar-refractivity contribution in [2.75, 3.05) is 0 Å². The molecule has 2 saturated carbocycles. The smallest absolute Gasteiger partial charge is 0.240 e. The Labute approximate surface area is 117 Å². The molecule has 2 aliphatic rings. The quantitative estimate of drug-likeness (QED) is 0.517. The monoisotopic (exact) mass is 272 g/mol. The van der Waals surface area contributed by atoms with Crippen LogP contribution in [0.3, 0.4) is 0 Å². The predicted octanol–water partition coefficient (Wildman–Crippen LogP) is 1.43. The van der Waals surface area contributed by atoms with E-state index in [4.69, 9.17) is 5.21 Å². The van der Waals surface area contributed by atoms with Crippen molar-refractivity contribution in [1.82, 2.24) is 5.48 Å². The Morgan fingerprint density at radius 1 is 0.824 bits per heavy atom. The average molecular weight is 272 g/mol. The average Bonchev–Trinajstić information content (AvgIpc) is 2.96. The molecule has 2 aliphatic carbocycles. The summed E-state index contributed by atoms with van der Waals surface area (Å²) >= 11 is 0. The molecule has 0 aliphatic heterocycles. The molecule has 5 heteroatoms. The van der Waals surface area contributed by atoms with E-state index in [1.165, 1.54) is 12.4 Å². The molecule has 93 valence electrons. The molecule has 0 aromatic rings. The minimum absolute atomic E-state index is 0. The van der Waals surface area contributed by atoms with Crippen LogP contribution in [-0.2, 0) is 28.8 Å². The topological polar surface area (TPSA) is 77.8 Å². The molecular weight excluding hydrogens is 257 g/mol. The van der Waals surface area contributed by atoms with Crippen molar-refractivity contribution in [3.8, 4) is 0 Å². The first-order chi connectivity index (χ1) is 7.27. The molecule has 0 unspecified atom stereocenters. The predicted molar refractivity (Wildman–Crippen MR) is 59.3 cm³/mol. The van der Waals surface area contributed by atoms with E-state index >= 15 is 0 Å². The molecule has 0 bridgehead atoms. The van der Waals surface area contributed by atoms with Gasteiger partial charge < -0.3 is 5.48 Å². The second-order valence-corrected chi connectivity index (χ2v) is 2.59. The van der Waals surface area contributed by atoms with Gasteiger partial charge in [0, 0.05) is 25.5 Å². The molecule has 1 amide bonds. The maximum absolute atomic E-state index is 9.45. The summed E-state index contributed by atoms with van der Waals surface area (Å²) in [6.45, 7) is 1.22. The van der Waals surface area contributed by atoms with Crippen LogP contribution in [0.4, 0.5) is 0 Å². The molecular formula is C12H15NO3V-2. The Bertz CT molecular complexity index is 123. The van der Waals surface area contributed by atoms with Crippen molar-refractivity contribution in [3.63, 3.8) is 0 Å². The van der Waals surface area contributed by atoms with E-state index in [2.05, 4.69) is 0 Å². The van der Waals surface area contributed by atoms with Crippen molar-refractivity contribution < 1.29 is 34.0 Å². The standard InChI is InChI=1S/2C5H5.C2H5NO2.O.V/c2*1-2-4-5-3-1;1-2(4)3-5;;/h2*1-5H;5H,1H3,(H,3,4);;/q;;;-2;. The van der Waals surface area contributed by atoms with Crippen molar-refractivity contribution in [1.29, 1.82) is 0 Å². The van der Waals surface area contributed by atoms with Gasteiger partial charge in [0.15, 0.2) is 0 Å². The Morgan fingerprint density at radius 2 is 0.941 bits per heavy atom. The third-order valence-corrected chi connectivity index (χ3v) is 1.27. The van der Waals surface area contributed by atoms with Gasteiger partial charge in [0.1, 0.15) is 0 Å². The second-order valence-electron chi connectivity index (χ2n) is 2.59. The van der Waals surface area contributed by atoms with Gasteiger partial charge in [0.25, 0.3) is 0 Å². The van der Waals surface area contributed by atoms with Crippen molar-refractivity contribution in [2.24, 2.45) is 0 Å². The third kappa shape index (κ3) is 21.8. The van der Waals surface area contributed by atoms with Crippen molar-refractivity contribution in [3.05, 3.63) is 64.2 Å². The van der Waals surface area contributed by atoms with Gasteiger partial charge in [-0.3, -0.25) is 10.0 Å². The number of rotatable bonds is 0. The Hall–Kier alpha value is -0.0256. The number of amides is 1. The third-order valence-electron chi connectivity index (χ3n) is 1.27. The number of carbonyl (C=O) groups is 1. The summed E-state index contributed by atoms with van der Waals surface area (Å²) in [5.41, 5.74) is 1.39. The minimum atomic E-state index is -0.440. The van der Waals surface area contributed by atoms with Gasteiger partial charge in [0.05, 0.1) is 0 Å². The molecule has 2 rings (SSSR count). The van der Waals surface area contributed by atoms with E-state index in [9.17, 15) is 4.79 Å². The summed E-state index contributed by atoms with van der Waals surface area (Å²) in [7, 11) is 0. The molecule has 11 radical (unpaired) electrons. The van der Waals surface area contributed by atoms with E-state index in [1.807, 2.05) is 64.2 Å². The molecule has 0 heterocycles. The van der Waals surface area contributed by atoms with Crippen LogP contribution in [0.15, 0.2) is 0 Å². The summed E-state index contributed by atoms with van der Waals surface area (Å²) in [6.07, 6.45) is 20.0.